The van der Waals surface area contributed by atoms with Crippen LogP contribution in [0.3, 0.4) is 0 Å². The van der Waals surface area contributed by atoms with Gasteiger partial charge in [-0.1, -0.05) is 33.8 Å². The third-order valence-electron chi connectivity index (χ3n) is 7.75. The second kappa shape index (κ2) is 16.9. The van der Waals surface area contributed by atoms with Crippen LogP contribution in [0.4, 0.5) is 17.5 Å². The van der Waals surface area contributed by atoms with Crippen molar-refractivity contribution in [2.75, 3.05) is 16.0 Å². The zero-order valence-electron chi connectivity index (χ0n) is 29.7. The summed E-state index contributed by atoms with van der Waals surface area (Å²) in [6.07, 6.45) is 4.45. The molecule has 0 saturated carbocycles. The summed E-state index contributed by atoms with van der Waals surface area (Å²) in [4.78, 5) is 63.5. The standard InChI is InChI=1S/C30H27N15O3.C3H6O.2H2O/c1-16-28(46)37-25-10-5-8-20(35-25)23-14-32-41-44(23)18(3)30(48)39-27-12-6-9-21(36-27)24-15-33-42-45(24)17(2)29(47)38-26-11-4-7-19(34-26)22-13-31-40-43(16)22;1-3(2)4;;/h4-18H,1-3H3,(H,35,37,46)(H,34,38,47)(H,36,39,48);1-2H3;2*1H2/t16-,17-,18-;;;/m1.../s1. The summed E-state index contributed by atoms with van der Waals surface area (Å²) < 4.78 is 4.28. The van der Waals surface area contributed by atoms with E-state index >= 15 is 0 Å². The Morgan fingerprint density at radius 2 is 0.778 bits per heavy atom. The largest absolute Gasteiger partial charge is 0.412 e. The summed E-state index contributed by atoms with van der Waals surface area (Å²) in [7, 11) is 0. The molecule has 7 heterocycles. The lowest BCUT2D eigenvalue weighted by molar-refractivity contribution is -0.119. The van der Waals surface area contributed by atoms with Crippen LogP contribution in [0, 0.1) is 0 Å². The van der Waals surface area contributed by atoms with Gasteiger partial charge in [0, 0.05) is 0 Å². The highest BCUT2D eigenvalue weighted by atomic mass is 16.2. The van der Waals surface area contributed by atoms with E-state index in [1.165, 1.54) is 46.5 Å². The summed E-state index contributed by atoms with van der Waals surface area (Å²) in [5.41, 5.74) is 2.64. The summed E-state index contributed by atoms with van der Waals surface area (Å²) in [6.45, 7) is 8.04. The predicted molar refractivity (Wildman–Crippen MR) is 193 cm³/mol. The zero-order chi connectivity index (χ0) is 36.9. The molecule has 280 valence electrons. The lowest BCUT2D eigenvalue weighted by Crippen LogP contribution is -2.27. The molecule has 7 rings (SSSR count). The van der Waals surface area contributed by atoms with Crippen LogP contribution in [-0.4, -0.2) is 94.4 Å². The number of Topliss-reactive ketones (excluding diaryl/α,β-unsaturated/α-hetero) is 1. The van der Waals surface area contributed by atoms with Gasteiger partial charge in [0.2, 0.25) is 17.7 Å². The van der Waals surface area contributed by atoms with E-state index in [1.807, 2.05) is 0 Å². The van der Waals surface area contributed by atoms with Gasteiger partial charge in [-0.3, -0.25) is 14.4 Å². The Kier molecular flexibility index (Phi) is 12.4. The van der Waals surface area contributed by atoms with Crippen molar-refractivity contribution in [1.82, 2.24) is 59.9 Å². The first-order valence-corrected chi connectivity index (χ1v) is 16.0. The number of carbonyl (C=O) groups is 4. The second-order valence-corrected chi connectivity index (χ2v) is 11.8. The number of carbonyl (C=O) groups excluding carboxylic acids is 4. The molecule has 6 aromatic rings. The molecule has 0 unspecified atom stereocenters. The number of rotatable bonds is 0. The van der Waals surface area contributed by atoms with Crippen LogP contribution in [0.1, 0.15) is 52.7 Å². The second-order valence-electron chi connectivity index (χ2n) is 11.8. The third kappa shape index (κ3) is 8.49. The number of hydrogen-bond donors (Lipinski definition) is 3. The highest BCUT2D eigenvalue weighted by Gasteiger charge is 2.25. The maximum Gasteiger partial charge on any atom is 0.250 e. The number of anilines is 3. The van der Waals surface area contributed by atoms with Gasteiger partial charge < -0.3 is 31.7 Å². The molecular weight excluding hydrogens is 702 g/mol. The Labute approximate surface area is 306 Å². The molecule has 3 amide bonds. The van der Waals surface area contributed by atoms with Gasteiger partial charge >= 0.3 is 0 Å². The normalized spacial score (nSPS) is 16.8. The number of nitrogens with one attached hydrogen (secondary N) is 3. The van der Waals surface area contributed by atoms with E-state index in [9.17, 15) is 19.2 Å². The molecule has 3 atom stereocenters. The summed E-state index contributed by atoms with van der Waals surface area (Å²) in [5, 5.41) is 32.9. The van der Waals surface area contributed by atoms with Crippen molar-refractivity contribution in [3.63, 3.8) is 0 Å². The van der Waals surface area contributed by atoms with E-state index in [1.54, 1.807) is 75.4 Å². The van der Waals surface area contributed by atoms with Crippen LogP contribution >= 0.6 is 0 Å². The Hall–Kier alpha value is -7.13. The number of amides is 3. The molecule has 0 fully saturated rings. The van der Waals surface area contributed by atoms with Crippen LogP contribution in [-0.2, 0) is 19.2 Å². The first-order valence-electron chi connectivity index (χ1n) is 16.0. The Balaban J connectivity index is 0.00000103. The third-order valence-corrected chi connectivity index (χ3v) is 7.75. The number of pyridine rings is 3. The Morgan fingerprint density at radius 3 is 1.04 bits per heavy atom. The lowest BCUT2D eigenvalue weighted by atomic mass is 10.2. The monoisotopic (exact) mass is 739 g/mol. The number of fused-ring (bicyclic) bond motifs is 12. The van der Waals surface area contributed by atoms with Crippen LogP contribution < -0.4 is 16.0 Å². The van der Waals surface area contributed by atoms with Crippen LogP contribution in [0.25, 0.3) is 34.2 Å². The molecule has 21 nitrogen and oxygen atoms in total. The van der Waals surface area contributed by atoms with Gasteiger partial charge in [-0.2, -0.15) is 0 Å². The first kappa shape index (κ1) is 39.7. The number of hydrogen-bond acceptors (Lipinski definition) is 13. The SMILES string of the molecule is CC(C)=O.C[C@@H]1C(=O)Nc2cccc(n2)-c2cnnn2[C@H](C)C(=O)Nc2cccc(n2)-c2cnnn2[C@H](C)C(=O)Nc2cccc(n2)-c2cnnn21.O.O. The van der Waals surface area contributed by atoms with E-state index in [2.05, 4.69) is 61.8 Å². The van der Waals surface area contributed by atoms with Gasteiger partial charge in [-0.15, -0.1) is 15.3 Å². The minimum absolute atomic E-state index is 0. The average molecular weight is 740 g/mol. The van der Waals surface area contributed by atoms with E-state index < -0.39 is 35.8 Å². The molecule has 0 aliphatic carbocycles. The average Bonchev–Trinajstić information content (AvgIpc) is 3.92. The molecule has 0 spiro atoms. The van der Waals surface area contributed by atoms with Crippen LogP contribution in [0.2, 0.25) is 0 Å². The van der Waals surface area contributed by atoms with Crippen molar-refractivity contribution in [2.24, 2.45) is 0 Å². The summed E-state index contributed by atoms with van der Waals surface area (Å²) in [6, 6.07) is 12.7. The fourth-order valence-corrected chi connectivity index (χ4v) is 5.11. The molecule has 1 aliphatic rings. The number of aromatic nitrogens is 12. The van der Waals surface area contributed by atoms with Crippen molar-refractivity contribution in [1.29, 1.82) is 0 Å². The molecule has 1 aliphatic heterocycles. The van der Waals surface area contributed by atoms with Gasteiger partial charge in [0.1, 0.15) is 58.4 Å². The van der Waals surface area contributed by atoms with Gasteiger partial charge in [-0.05, 0) is 71.0 Å². The molecule has 0 saturated heterocycles. The molecule has 6 aromatic heterocycles. The molecule has 6 bridgehead atoms. The Morgan fingerprint density at radius 1 is 0.519 bits per heavy atom. The molecule has 0 aromatic carbocycles. The smallest absolute Gasteiger partial charge is 0.250 e. The van der Waals surface area contributed by atoms with Gasteiger partial charge in [-0.25, -0.2) is 29.0 Å². The molecule has 54 heavy (non-hydrogen) atoms. The van der Waals surface area contributed by atoms with E-state index in [0.29, 0.717) is 34.2 Å². The molecule has 7 N–H and O–H groups in total. The lowest BCUT2D eigenvalue weighted by Gasteiger charge is -2.17. The molecular formula is C33H37N15O6. The van der Waals surface area contributed by atoms with Crippen molar-refractivity contribution in [3.8, 4) is 34.2 Å². The van der Waals surface area contributed by atoms with Crippen molar-refractivity contribution < 1.29 is 30.1 Å². The first-order chi connectivity index (χ1) is 25.0. The maximum atomic E-state index is 13.4. The quantitative estimate of drug-likeness (QED) is 0.199. The van der Waals surface area contributed by atoms with Crippen molar-refractivity contribution in [2.45, 2.75) is 52.7 Å². The Bertz CT molecular complexity index is 2040. The summed E-state index contributed by atoms with van der Waals surface area (Å²) >= 11 is 0. The predicted octanol–water partition coefficient (Wildman–Crippen LogP) is 1.51. The number of nitrogens with zero attached hydrogens (tertiary/aromatic N) is 12. The van der Waals surface area contributed by atoms with Crippen LogP contribution in [0.15, 0.2) is 73.2 Å². The van der Waals surface area contributed by atoms with Crippen molar-refractivity contribution in [3.05, 3.63) is 73.2 Å². The topological polar surface area (TPSA) is 298 Å². The van der Waals surface area contributed by atoms with E-state index in [4.69, 9.17) is 0 Å². The summed E-state index contributed by atoms with van der Waals surface area (Å²) in [5.74, 6) is -0.309. The zero-order valence-corrected chi connectivity index (χ0v) is 29.7. The minimum atomic E-state index is -0.828. The van der Waals surface area contributed by atoms with Crippen molar-refractivity contribution >= 4 is 41.0 Å². The maximum absolute atomic E-state index is 13.4. The minimum Gasteiger partial charge on any atom is -0.412 e. The molecule has 21 heteroatoms. The van der Waals surface area contributed by atoms with Gasteiger partial charge in [0.05, 0.1) is 35.7 Å². The van der Waals surface area contributed by atoms with Crippen LogP contribution in [0.5, 0.6) is 0 Å². The fourth-order valence-electron chi connectivity index (χ4n) is 5.11. The number of ketones is 1. The fraction of sp³-hybridized carbons (Fsp3) is 0.242. The van der Waals surface area contributed by atoms with Gasteiger partial charge in [0.25, 0.3) is 0 Å². The molecule has 0 radical (unpaired) electrons. The van der Waals surface area contributed by atoms with Gasteiger partial charge in [0.15, 0.2) is 0 Å². The van der Waals surface area contributed by atoms with E-state index in [-0.39, 0.29) is 34.2 Å². The van der Waals surface area contributed by atoms with E-state index in [0.717, 1.165) is 0 Å². The highest BCUT2D eigenvalue weighted by molar-refractivity contribution is 5.95. The highest BCUT2D eigenvalue weighted by Crippen LogP contribution is 2.26.